The smallest absolute Gasteiger partial charge is 0.328 e. The Hall–Kier alpha value is -2.27. The maximum absolute atomic E-state index is 12.3. The zero-order valence-corrected chi connectivity index (χ0v) is 13.9. The molecule has 0 saturated carbocycles. The summed E-state index contributed by atoms with van der Waals surface area (Å²) in [5.41, 5.74) is 0.696. The predicted molar refractivity (Wildman–Crippen MR) is 87.3 cm³/mol. The molecule has 2 rings (SSSR count). The number of hydrogen-bond donors (Lipinski definition) is 1. The molecule has 0 fully saturated rings. The highest BCUT2D eigenvalue weighted by atomic mass is 35.5. The second-order valence-electron chi connectivity index (χ2n) is 5.36. The van der Waals surface area contributed by atoms with Gasteiger partial charge in [-0.25, -0.2) is 4.79 Å². The fourth-order valence-corrected chi connectivity index (χ4v) is 2.33. The Labute approximate surface area is 139 Å². The number of hydrogen-bond acceptors (Lipinski definition) is 4. The van der Waals surface area contributed by atoms with E-state index in [1.54, 1.807) is 24.3 Å². The molecule has 0 bridgehead atoms. The molecule has 0 radical (unpaired) electrons. The van der Waals surface area contributed by atoms with Crippen LogP contribution in [0, 0.1) is 5.92 Å². The van der Waals surface area contributed by atoms with Gasteiger partial charge in [0.15, 0.2) is 5.76 Å². The van der Waals surface area contributed by atoms with Crippen molar-refractivity contribution in [1.82, 2.24) is 5.32 Å². The number of halogens is 1. The van der Waals surface area contributed by atoms with Crippen LogP contribution >= 0.6 is 11.6 Å². The summed E-state index contributed by atoms with van der Waals surface area (Å²) in [6.45, 7) is 3.64. The number of furan rings is 1. The first-order chi connectivity index (χ1) is 10.9. The Kier molecular flexibility index (Phi) is 5.45. The first-order valence-corrected chi connectivity index (χ1v) is 7.55. The summed E-state index contributed by atoms with van der Waals surface area (Å²) >= 11 is 6.11. The van der Waals surface area contributed by atoms with E-state index in [-0.39, 0.29) is 11.7 Å². The number of esters is 1. The van der Waals surface area contributed by atoms with E-state index in [4.69, 9.17) is 20.8 Å². The van der Waals surface area contributed by atoms with Crippen LogP contribution in [0.3, 0.4) is 0 Å². The maximum Gasteiger partial charge on any atom is 0.328 e. The van der Waals surface area contributed by atoms with Crippen LogP contribution in [0.1, 0.15) is 24.4 Å². The van der Waals surface area contributed by atoms with Crippen molar-refractivity contribution in [2.24, 2.45) is 5.92 Å². The number of rotatable bonds is 5. The molecular weight excluding hydrogens is 318 g/mol. The average Bonchev–Trinajstić information content (AvgIpc) is 3.01. The van der Waals surface area contributed by atoms with Gasteiger partial charge in [0.05, 0.1) is 12.1 Å². The molecule has 5 nitrogen and oxygen atoms in total. The number of methoxy groups -OCH3 is 1. The van der Waals surface area contributed by atoms with Crippen LogP contribution in [0.15, 0.2) is 40.8 Å². The molecule has 0 saturated heterocycles. The lowest BCUT2D eigenvalue weighted by atomic mass is 10.0. The van der Waals surface area contributed by atoms with Gasteiger partial charge in [0.25, 0.3) is 5.91 Å². The third kappa shape index (κ3) is 3.93. The van der Waals surface area contributed by atoms with Crippen molar-refractivity contribution in [2.45, 2.75) is 19.9 Å². The van der Waals surface area contributed by atoms with Crippen molar-refractivity contribution in [3.63, 3.8) is 0 Å². The minimum absolute atomic E-state index is 0.106. The third-order valence-corrected chi connectivity index (χ3v) is 3.71. The molecule has 1 N–H and O–H groups in total. The predicted octanol–water partition coefficient (Wildman–Crippen LogP) is 3.53. The summed E-state index contributed by atoms with van der Waals surface area (Å²) in [6.07, 6.45) is 0. The summed E-state index contributed by atoms with van der Waals surface area (Å²) in [5, 5.41) is 3.15. The first kappa shape index (κ1) is 17.1. The second kappa shape index (κ2) is 7.33. The molecule has 2 aromatic rings. The number of amides is 1. The van der Waals surface area contributed by atoms with Crippen molar-refractivity contribution >= 4 is 23.5 Å². The van der Waals surface area contributed by atoms with Gasteiger partial charge in [-0.05, 0) is 30.2 Å². The summed E-state index contributed by atoms with van der Waals surface area (Å²) < 4.78 is 10.3. The monoisotopic (exact) mass is 335 g/mol. The maximum atomic E-state index is 12.3. The Morgan fingerprint density at radius 2 is 1.87 bits per heavy atom. The SMILES string of the molecule is COC(=O)[C@H](NC(=O)c1ccc(-c2ccccc2Cl)o1)C(C)C. The lowest BCUT2D eigenvalue weighted by Gasteiger charge is -2.18. The van der Waals surface area contributed by atoms with Crippen LogP contribution in [-0.2, 0) is 9.53 Å². The van der Waals surface area contributed by atoms with Gasteiger partial charge in [-0.3, -0.25) is 4.79 Å². The van der Waals surface area contributed by atoms with Crippen molar-refractivity contribution < 1.29 is 18.7 Å². The summed E-state index contributed by atoms with van der Waals surface area (Å²) in [7, 11) is 1.28. The number of nitrogens with one attached hydrogen (secondary N) is 1. The van der Waals surface area contributed by atoms with E-state index < -0.39 is 17.9 Å². The molecule has 0 unspecified atom stereocenters. The molecule has 1 aromatic carbocycles. The molecule has 6 heteroatoms. The Morgan fingerprint density at radius 1 is 1.17 bits per heavy atom. The first-order valence-electron chi connectivity index (χ1n) is 7.17. The summed E-state index contributed by atoms with van der Waals surface area (Å²) in [6, 6.07) is 9.66. The molecule has 1 heterocycles. The molecular formula is C17H18ClNO4. The van der Waals surface area contributed by atoms with Gasteiger partial charge in [0.2, 0.25) is 0 Å². The number of carbonyl (C=O) groups excluding carboxylic acids is 2. The van der Waals surface area contributed by atoms with Crippen molar-refractivity contribution in [3.05, 3.63) is 47.2 Å². The van der Waals surface area contributed by atoms with Crippen LogP contribution in [0.25, 0.3) is 11.3 Å². The Bertz CT molecular complexity index is 708. The average molecular weight is 336 g/mol. The number of benzene rings is 1. The lowest BCUT2D eigenvalue weighted by molar-refractivity contribution is -0.144. The summed E-state index contributed by atoms with van der Waals surface area (Å²) in [5.74, 6) is -0.488. The third-order valence-electron chi connectivity index (χ3n) is 3.38. The molecule has 1 amide bonds. The molecule has 1 atom stereocenters. The van der Waals surface area contributed by atoms with E-state index >= 15 is 0 Å². The molecule has 23 heavy (non-hydrogen) atoms. The van der Waals surface area contributed by atoms with E-state index in [2.05, 4.69) is 5.32 Å². The Balaban J connectivity index is 2.18. The van der Waals surface area contributed by atoms with Gasteiger partial charge in [0.1, 0.15) is 11.8 Å². The van der Waals surface area contributed by atoms with Crippen LogP contribution in [-0.4, -0.2) is 25.0 Å². The van der Waals surface area contributed by atoms with Crippen molar-refractivity contribution in [2.75, 3.05) is 7.11 Å². The van der Waals surface area contributed by atoms with E-state index in [0.717, 1.165) is 0 Å². The van der Waals surface area contributed by atoms with Gasteiger partial charge in [0, 0.05) is 5.56 Å². The van der Waals surface area contributed by atoms with E-state index in [0.29, 0.717) is 16.3 Å². The normalized spacial score (nSPS) is 12.0. The molecule has 1 aromatic heterocycles. The van der Waals surface area contributed by atoms with E-state index in [1.165, 1.54) is 7.11 Å². The van der Waals surface area contributed by atoms with Crippen molar-refractivity contribution in [1.29, 1.82) is 0 Å². The zero-order chi connectivity index (χ0) is 17.0. The largest absolute Gasteiger partial charge is 0.467 e. The molecule has 0 spiro atoms. The number of carbonyl (C=O) groups is 2. The van der Waals surface area contributed by atoms with Gasteiger partial charge in [-0.15, -0.1) is 0 Å². The highest BCUT2D eigenvalue weighted by Crippen LogP contribution is 2.29. The molecule has 0 aliphatic carbocycles. The van der Waals surface area contributed by atoms with Gasteiger partial charge >= 0.3 is 5.97 Å². The second-order valence-corrected chi connectivity index (χ2v) is 5.77. The number of ether oxygens (including phenoxy) is 1. The van der Waals surface area contributed by atoms with E-state index in [1.807, 2.05) is 26.0 Å². The lowest BCUT2D eigenvalue weighted by Crippen LogP contribution is -2.44. The van der Waals surface area contributed by atoms with Gasteiger partial charge in [-0.2, -0.15) is 0 Å². The zero-order valence-electron chi connectivity index (χ0n) is 13.1. The fourth-order valence-electron chi connectivity index (χ4n) is 2.10. The highest BCUT2D eigenvalue weighted by molar-refractivity contribution is 6.33. The minimum Gasteiger partial charge on any atom is -0.467 e. The molecule has 0 aliphatic rings. The Morgan fingerprint density at radius 3 is 2.48 bits per heavy atom. The summed E-state index contributed by atoms with van der Waals surface area (Å²) in [4.78, 5) is 24.0. The van der Waals surface area contributed by atoms with Gasteiger partial charge in [-0.1, -0.05) is 37.6 Å². The van der Waals surface area contributed by atoms with Crippen LogP contribution < -0.4 is 5.32 Å². The van der Waals surface area contributed by atoms with Crippen LogP contribution in [0.4, 0.5) is 0 Å². The van der Waals surface area contributed by atoms with Crippen LogP contribution in [0.2, 0.25) is 5.02 Å². The molecule has 122 valence electrons. The van der Waals surface area contributed by atoms with E-state index in [9.17, 15) is 9.59 Å². The standard InChI is InChI=1S/C17H18ClNO4/c1-10(2)15(17(21)22-3)19-16(20)14-9-8-13(23-14)11-6-4-5-7-12(11)18/h4-10,15H,1-3H3,(H,19,20)/t15-/m1/s1. The quantitative estimate of drug-likeness (QED) is 0.849. The molecule has 0 aliphatic heterocycles. The minimum atomic E-state index is -0.735. The van der Waals surface area contributed by atoms with Crippen molar-refractivity contribution in [3.8, 4) is 11.3 Å². The highest BCUT2D eigenvalue weighted by Gasteiger charge is 2.26. The topological polar surface area (TPSA) is 68.5 Å². The van der Waals surface area contributed by atoms with Gasteiger partial charge < -0.3 is 14.5 Å². The fraction of sp³-hybridized carbons (Fsp3) is 0.294. The van der Waals surface area contributed by atoms with Crippen LogP contribution in [0.5, 0.6) is 0 Å².